The van der Waals surface area contributed by atoms with Gasteiger partial charge in [-0.2, -0.15) is 0 Å². The Kier molecular flexibility index (Phi) is 4.64. The van der Waals surface area contributed by atoms with Crippen LogP contribution in [0.4, 0.5) is 8.78 Å². The predicted octanol–water partition coefficient (Wildman–Crippen LogP) is 2.63. The van der Waals surface area contributed by atoms with Gasteiger partial charge in [-0.25, -0.2) is 13.6 Å². The molecule has 1 aromatic carbocycles. The van der Waals surface area contributed by atoms with Crippen molar-refractivity contribution in [3.05, 3.63) is 47.5 Å². The molecule has 0 aromatic heterocycles. The van der Waals surface area contributed by atoms with Crippen LogP contribution in [0.15, 0.2) is 30.4 Å². The molecule has 0 atom stereocenters. The maximum Gasteiger partial charge on any atom is 0.330 e. The molecule has 0 aliphatic heterocycles. The average Bonchev–Trinajstić information content (AvgIpc) is 2.22. The predicted molar refractivity (Wildman–Crippen MR) is 55.8 cm³/mol. The molecule has 1 rings (SSSR count). The number of hydrogen-bond acceptors (Lipinski definition) is 2. The van der Waals surface area contributed by atoms with Crippen molar-refractivity contribution in [1.29, 1.82) is 0 Å². The summed E-state index contributed by atoms with van der Waals surface area (Å²) in [5, 5.41) is 0. The van der Waals surface area contributed by atoms with E-state index in [-0.39, 0.29) is 6.42 Å². The lowest BCUT2D eigenvalue weighted by Crippen LogP contribution is -1.99. The summed E-state index contributed by atoms with van der Waals surface area (Å²) >= 11 is 0. The van der Waals surface area contributed by atoms with Crippen molar-refractivity contribution >= 4 is 5.97 Å². The molecule has 0 aliphatic carbocycles. The number of allylic oxidation sites excluding steroid dienone is 1. The summed E-state index contributed by atoms with van der Waals surface area (Å²) < 4.78 is 30.3. The normalized spacial score (nSPS) is 10.7. The summed E-state index contributed by atoms with van der Waals surface area (Å²) in [6, 6.07) is 3.34. The summed E-state index contributed by atoms with van der Waals surface area (Å²) in [7, 11) is 0. The van der Waals surface area contributed by atoms with Gasteiger partial charge in [0.25, 0.3) is 0 Å². The van der Waals surface area contributed by atoms with Crippen LogP contribution in [0.3, 0.4) is 0 Å². The van der Waals surface area contributed by atoms with Crippen molar-refractivity contribution in [1.82, 2.24) is 0 Å². The fourth-order valence-electron chi connectivity index (χ4n) is 1.16. The van der Waals surface area contributed by atoms with E-state index in [2.05, 4.69) is 4.74 Å². The van der Waals surface area contributed by atoms with Crippen LogP contribution in [-0.2, 0) is 16.0 Å². The van der Waals surface area contributed by atoms with E-state index in [0.717, 1.165) is 6.07 Å². The molecule has 0 radical (unpaired) electrons. The number of hydrogen-bond donors (Lipinski definition) is 0. The second-order valence-corrected chi connectivity index (χ2v) is 3.09. The van der Waals surface area contributed by atoms with Crippen LogP contribution in [0, 0.1) is 11.6 Å². The molecule has 0 saturated heterocycles. The zero-order chi connectivity index (χ0) is 12.0. The molecular weight excluding hydrogens is 214 g/mol. The molecule has 0 aliphatic rings. The zero-order valence-corrected chi connectivity index (χ0v) is 8.87. The maximum atomic E-state index is 13.1. The molecule has 86 valence electrons. The van der Waals surface area contributed by atoms with Gasteiger partial charge < -0.3 is 4.74 Å². The fraction of sp³-hybridized carbons (Fsp3) is 0.250. The monoisotopic (exact) mass is 226 g/mol. The largest absolute Gasteiger partial charge is 0.463 e. The quantitative estimate of drug-likeness (QED) is 0.582. The highest BCUT2D eigenvalue weighted by molar-refractivity contribution is 5.81. The third-order valence-electron chi connectivity index (χ3n) is 1.89. The highest BCUT2D eigenvalue weighted by Gasteiger charge is 2.01. The SMILES string of the molecule is CCOC(=O)C=CCc1ccc(F)cc1F. The van der Waals surface area contributed by atoms with Gasteiger partial charge in [0, 0.05) is 12.1 Å². The van der Waals surface area contributed by atoms with Crippen molar-refractivity contribution in [3.8, 4) is 0 Å². The standard InChI is InChI=1S/C12H12F2O2/c1-2-16-12(15)5-3-4-9-6-7-10(13)8-11(9)14/h3,5-8H,2,4H2,1H3. The number of carbonyl (C=O) groups is 1. The highest BCUT2D eigenvalue weighted by Crippen LogP contribution is 2.10. The molecule has 0 spiro atoms. The lowest BCUT2D eigenvalue weighted by Gasteiger charge is -1.99. The van der Waals surface area contributed by atoms with Gasteiger partial charge in [0.15, 0.2) is 0 Å². The van der Waals surface area contributed by atoms with E-state index in [9.17, 15) is 13.6 Å². The van der Waals surface area contributed by atoms with E-state index in [4.69, 9.17) is 0 Å². The third kappa shape index (κ3) is 3.81. The number of esters is 1. The Morgan fingerprint density at radius 3 is 2.81 bits per heavy atom. The Morgan fingerprint density at radius 2 is 2.19 bits per heavy atom. The Bertz CT molecular complexity index is 400. The Morgan fingerprint density at radius 1 is 1.44 bits per heavy atom. The van der Waals surface area contributed by atoms with Crippen LogP contribution >= 0.6 is 0 Å². The number of carbonyl (C=O) groups excluding carboxylic acids is 1. The molecule has 0 fully saturated rings. The van der Waals surface area contributed by atoms with E-state index in [1.54, 1.807) is 6.92 Å². The molecule has 1 aromatic rings. The first kappa shape index (κ1) is 12.4. The molecule has 2 nitrogen and oxygen atoms in total. The minimum Gasteiger partial charge on any atom is -0.463 e. The molecule has 0 amide bonds. The summed E-state index contributed by atoms with van der Waals surface area (Å²) in [5.41, 5.74) is 0.335. The van der Waals surface area contributed by atoms with Crippen LogP contribution in [0.1, 0.15) is 12.5 Å². The van der Waals surface area contributed by atoms with Crippen LogP contribution in [0.25, 0.3) is 0 Å². The Labute approximate surface area is 92.5 Å². The van der Waals surface area contributed by atoms with Gasteiger partial charge in [-0.3, -0.25) is 0 Å². The van der Waals surface area contributed by atoms with Crippen molar-refractivity contribution < 1.29 is 18.3 Å². The second kappa shape index (κ2) is 6.00. The number of rotatable bonds is 4. The Hall–Kier alpha value is -1.71. The molecule has 0 saturated carbocycles. The van der Waals surface area contributed by atoms with Crippen LogP contribution in [-0.4, -0.2) is 12.6 Å². The van der Waals surface area contributed by atoms with E-state index in [1.807, 2.05) is 0 Å². The van der Waals surface area contributed by atoms with Crippen molar-refractivity contribution in [2.24, 2.45) is 0 Å². The molecule has 16 heavy (non-hydrogen) atoms. The molecular formula is C12H12F2O2. The zero-order valence-electron chi connectivity index (χ0n) is 8.87. The van der Waals surface area contributed by atoms with Gasteiger partial charge >= 0.3 is 5.97 Å². The van der Waals surface area contributed by atoms with Crippen molar-refractivity contribution in [2.75, 3.05) is 6.61 Å². The first-order chi connectivity index (χ1) is 7.63. The average molecular weight is 226 g/mol. The van der Waals surface area contributed by atoms with Gasteiger partial charge in [0.1, 0.15) is 11.6 Å². The number of ether oxygens (including phenoxy) is 1. The minimum absolute atomic E-state index is 0.227. The summed E-state index contributed by atoms with van der Waals surface area (Å²) in [4.78, 5) is 10.9. The molecule has 4 heteroatoms. The fourth-order valence-corrected chi connectivity index (χ4v) is 1.16. The van der Waals surface area contributed by atoms with Gasteiger partial charge in [-0.15, -0.1) is 0 Å². The highest BCUT2D eigenvalue weighted by atomic mass is 19.1. The molecule has 0 N–H and O–H groups in total. The summed E-state index contributed by atoms with van der Waals surface area (Å²) in [6.45, 7) is 2.00. The Balaban J connectivity index is 2.57. The van der Waals surface area contributed by atoms with E-state index < -0.39 is 17.6 Å². The minimum atomic E-state index is -0.617. The lowest BCUT2D eigenvalue weighted by molar-refractivity contribution is -0.137. The van der Waals surface area contributed by atoms with Crippen LogP contribution in [0.2, 0.25) is 0 Å². The van der Waals surface area contributed by atoms with Gasteiger partial charge in [0.05, 0.1) is 6.61 Å². The van der Waals surface area contributed by atoms with E-state index in [0.29, 0.717) is 12.2 Å². The van der Waals surface area contributed by atoms with Crippen molar-refractivity contribution in [2.45, 2.75) is 13.3 Å². The summed E-state index contributed by atoms with van der Waals surface area (Å²) in [5.74, 6) is -1.70. The lowest BCUT2D eigenvalue weighted by atomic mass is 10.1. The van der Waals surface area contributed by atoms with E-state index >= 15 is 0 Å². The first-order valence-corrected chi connectivity index (χ1v) is 4.90. The third-order valence-corrected chi connectivity index (χ3v) is 1.89. The number of halogens is 2. The van der Waals surface area contributed by atoms with Crippen LogP contribution in [0.5, 0.6) is 0 Å². The van der Waals surface area contributed by atoms with Gasteiger partial charge in [-0.1, -0.05) is 12.1 Å². The van der Waals surface area contributed by atoms with Gasteiger partial charge in [-0.05, 0) is 25.0 Å². The smallest absolute Gasteiger partial charge is 0.330 e. The van der Waals surface area contributed by atoms with Crippen LogP contribution < -0.4 is 0 Å². The topological polar surface area (TPSA) is 26.3 Å². The van der Waals surface area contributed by atoms with Gasteiger partial charge in [0.2, 0.25) is 0 Å². The molecule has 0 unspecified atom stereocenters. The van der Waals surface area contributed by atoms with E-state index in [1.165, 1.54) is 24.3 Å². The second-order valence-electron chi connectivity index (χ2n) is 3.09. The molecule has 0 heterocycles. The first-order valence-electron chi connectivity index (χ1n) is 4.90. The maximum absolute atomic E-state index is 13.1. The van der Waals surface area contributed by atoms with Crippen molar-refractivity contribution in [3.63, 3.8) is 0 Å². The number of benzene rings is 1. The molecule has 0 bridgehead atoms. The summed E-state index contributed by atoms with van der Waals surface area (Å²) in [6.07, 6.45) is 2.94.